The van der Waals surface area contributed by atoms with Crippen LogP contribution >= 0.6 is 0 Å². The standard InChI is InChI=1S/C19H22N4O4/c1-10(12-7-20-8-12)21-9-11-3-2-4-13-16(11)19(27)23(18(13)26)14-5-6-15(24)22-17(14)25/h2-4,10,12,14,20-21H,5-9H2,1H3,(H,22,24,25)/t10-,14?/m1/s1. The maximum absolute atomic E-state index is 13.0. The van der Waals surface area contributed by atoms with E-state index in [-0.39, 0.29) is 18.7 Å². The molecule has 1 aromatic rings. The number of amides is 4. The second-order valence-electron chi connectivity index (χ2n) is 7.37. The van der Waals surface area contributed by atoms with Gasteiger partial charge in [-0.1, -0.05) is 12.1 Å². The molecule has 3 aliphatic rings. The average Bonchev–Trinajstić information content (AvgIpc) is 2.84. The van der Waals surface area contributed by atoms with E-state index >= 15 is 0 Å². The van der Waals surface area contributed by atoms with Crippen LogP contribution in [0.4, 0.5) is 0 Å². The van der Waals surface area contributed by atoms with Crippen molar-refractivity contribution in [1.82, 2.24) is 20.9 Å². The molecule has 0 aromatic heterocycles. The molecule has 0 saturated carbocycles. The largest absolute Gasteiger partial charge is 0.316 e. The number of hydrogen-bond donors (Lipinski definition) is 3. The Bertz CT molecular complexity index is 833. The van der Waals surface area contributed by atoms with Gasteiger partial charge in [-0.05, 0) is 30.9 Å². The summed E-state index contributed by atoms with van der Waals surface area (Å²) >= 11 is 0. The molecular weight excluding hydrogens is 348 g/mol. The Kier molecular flexibility index (Phi) is 4.53. The van der Waals surface area contributed by atoms with Crippen LogP contribution in [-0.2, 0) is 16.1 Å². The van der Waals surface area contributed by atoms with Crippen LogP contribution in [0.2, 0.25) is 0 Å². The second-order valence-corrected chi connectivity index (χ2v) is 7.37. The number of rotatable bonds is 5. The Morgan fingerprint density at radius 2 is 1.96 bits per heavy atom. The van der Waals surface area contributed by atoms with Gasteiger partial charge in [0.15, 0.2) is 0 Å². The number of piperidine rings is 1. The predicted octanol–water partition coefficient (Wildman–Crippen LogP) is -0.215. The summed E-state index contributed by atoms with van der Waals surface area (Å²) in [5, 5.41) is 8.88. The van der Waals surface area contributed by atoms with Crippen LogP contribution in [-0.4, -0.2) is 53.7 Å². The fourth-order valence-electron chi connectivity index (χ4n) is 3.83. The lowest BCUT2D eigenvalue weighted by atomic mass is 9.94. The van der Waals surface area contributed by atoms with Gasteiger partial charge in [0, 0.05) is 32.1 Å². The van der Waals surface area contributed by atoms with Gasteiger partial charge in [0.1, 0.15) is 6.04 Å². The minimum Gasteiger partial charge on any atom is -0.316 e. The maximum atomic E-state index is 13.0. The molecule has 0 bridgehead atoms. The van der Waals surface area contributed by atoms with Gasteiger partial charge in [-0.15, -0.1) is 0 Å². The van der Waals surface area contributed by atoms with E-state index < -0.39 is 23.8 Å². The van der Waals surface area contributed by atoms with Gasteiger partial charge in [0.05, 0.1) is 11.1 Å². The van der Waals surface area contributed by atoms with Gasteiger partial charge in [-0.2, -0.15) is 0 Å². The molecule has 4 amide bonds. The number of benzene rings is 1. The molecule has 1 aromatic carbocycles. The van der Waals surface area contributed by atoms with Crippen LogP contribution < -0.4 is 16.0 Å². The molecule has 1 unspecified atom stereocenters. The maximum Gasteiger partial charge on any atom is 0.262 e. The van der Waals surface area contributed by atoms with Gasteiger partial charge in [0.25, 0.3) is 11.8 Å². The van der Waals surface area contributed by atoms with Crippen molar-refractivity contribution in [1.29, 1.82) is 0 Å². The van der Waals surface area contributed by atoms with E-state index in [1.807, 2.05) is 6.07 Å². The van der Waals surface area contributed by atoms with Crippen LogP contribution in [0.5, 0.6) is 0 Å². The molecule has 4 rings (SSSR count). The highest BCUT2D eigenvalue weighted by atomic mass is 16.2. The summed E-state index contributed by atoms with van der Waals surface area (Å²) in [5.41, 5.74) is 1.43. The zero-order valence-corrected chi connectivity index (χ0v) is 15.1. The Balaban J connectivity index is 1.55. The van der Waals surface area contributed by atoms with E-state index in [1.165, 1.54) is 0 Å². The van der Waals surface area contributed by atoms with Gasteiger partial charge in [-0.3, -0.25) is 29.4 Å². The van der Waals surface area contributed by atoms with Crippen LogP contribution in [0, 0.1) is 5.92 Å². The topological polar surface area (TPSA) is 108 Å². The molecule has 3 heterocycles. The molecule has 142 valence electrons. The smallest absolute Gasteiger partial charge is 0.262 e. The lowest BCUT2D eigenvalue weighted by molar-refractivity contribution is -0.136. The van der Waals surface area contributed by atoms with Crippen LogP contribution in [0.25, 0.3) is 0 Å². The summed E-state index contributed by atoms with van der Waals surface area (Å²) in [6.07, 6.45) is 0.278. The van der Waals surface area contributed by atoms with Crippen molar-refractivity contribution in [2.24, 2.45) is 5.92 Å². The van der Waals surface area contributed by atoms with E-state index in [1.54, 1.807) is 12.1 Å². The van der Waals surface area contributed by atoms with E-state index in [9.17, 15) is 19.2 Å². The first kappa shape index (κ1) is 17.8. The lowest BCUT2D eigenvalue weighted by Crippen LogP contribution is -2.54. The first-order valence-electron chi connectivity index (χ1n) is 9.25. The van der Waals surface area contributed by atoms with Gasteiger partial charge in [-0.25, -0.2) is 0 Å². The van der Waals surface area contributed by atoms with Gasteiger partial charge in [0.2, 0.25) is 11.8 Å². The van der Waals surface area contributed by atoms with Crippen LogP contribution in [0.1, 0.15) is 46.0 Å². The minimum atomic E-state index is -0.934. The fraction of sp³-hybridized carbons (Fsp3) is 0.474. The molecule has 3 aliphatic heterocycles. The third-order valence-corrected chi connectivity index (χ3v) is 5.69. The molecule has 2 fully saturated rings. The van der Waals surface area contributed by atoms with E-state index in [2.05, 4.69) is 22.9 Å². The van der Waals surface area contributed by atoms with Crippen molar-refractivity contribution in [3.63, 3.8) is 0 Å². The van der Waals surface area contributed by atoms with Crippen LogP contribution in [0.3, 0.4) is 0 Å². The van der Waals surface area contributed by atoms with Crippen molar-refractivity contribution in [3.05, 3.63) is 34.9 Å². The third kappa shape index (κ3) is 3.04. The first-order chi connectivity index (χ1) is 13.0. The SMILES string of the molecule is C[C@@H](NCc1cccc2c1C(=O)N(C1CCC(=O)NC1=O)C2=O)C1CNC1. The normalized spacial score (nSPS) is 23.9. The van der Waals surface area contributed by atoms with Gasteiger partial charge >= 0.3 is 0 Å². The summed E-state index contributed by atoms with van der Waals surface area (Å²) in [6.45, 7) is 4.53. The third-order valence-electron chi connectivity index (χ3n) is 5.69. The van der Waals surface area contributed by atoms with Gasteiger partial charge < -0.3 is 10.6 Å². The van der Waals surface area contributed by atoms with Crippen molar-refractivity contribution < 1.29 is 19.2 Å². The molecule has 0 spiro atoms. The summed E-state index contributed by atoms with van der Waals surface area (Å²) in [6, 6.07) is 4.56. The zero-order valence-electron chi connectivity index (χ0n) is 15.1. The number of nitrogens with zero attached hydrogens (tertiary/aromatic N) is 1. The Morgan fingerprint density at radius 1 is 1.19 bits per heavy atom. The highest BCUT2D eigenvalue weighted by Crippen LogP contribution is 2.30. The van der Waals surface area contributed by atoms with Crippen molar-refractivity contribution in [2.45, 2.75) is 38.4 Å². The minimum absolute atomic E-state index is 0.116. The molecule has 2 saturated heterocycles. The monoisotopic (exact) mass is 370 g/mol. The number of nitrogens with one attached hydrogen (secondary N) is 3. The number of imide groups is 2. The molecule has 0 radical (unpaired) electrons. The summed E-state index contributed by atoms with van der Waals surface area (Å²) in [4.78, 5) is 50.3. The molecule has 0 aliphatic carbocycles. The van der Waals surface area contributed by atoms with Crippen molar-refractivity contribution in [2.75, 3.05) is 13.1 Å². The molecule has 3 N–H and O–H groups in total. The van der Waals surface area contributed by atoms with E-state index in [0.717, 1.165) is 23.6 Å². The average molecular weight is 370 g/mol. The van der Waals surface area contributed by atoms with Crippen LogP contribution in [0.15, 0.2) is 18.2 Å². The Labute approximate surface area is 156 Å². The first-order valence-corrected chi connectivity index (χ1v) is 9.25. The molecule has 27 heavy (non-hydrogen) atoms. The summed E-state index contributed by atoms with van der Waals surface area (Å²) in [7, 11) is 0. The molecule has 8 nitrogen and oxygen atoms in total. The second kappa shape index (κ2) is 6.86. The van der Waals surface area contributed by atoms with Crippen molar-refractivity contribution >= 4 is 23.6 Å². The molecule has 2 atom stereocenters. The molecular formula is C19H22N4O4. The lowest BCUT2D eigenvalue weighted by Gasteiger charge is -2.33. The van der Waals surface area contributed by atoms with Crippen molar-refractivity contribution in [3.8, 4) is 0 Å². The summed E-state index contributed by atoms with van der Waals surface area (Å²) in [5.74, 6) is -1.34. The summed E-state index contributed by atoms with van der Waals surface area (Å²) < 4.78 is 0. The Morgan fingerprint density at radius 3 is 2.63 bits per heavy atom. The Hall–Kier alpha value is -2.58. The highest BCUT2D eigenvalue weighted by Gasteiger charge is 2.45. The number of carbonyl (C=O) groups excluding carboxylic acids is 4. The number of fused-ring (bicyclic) bond motifs is 1. The quantitative estimate of drug-likeness (QED) is 0.619. The van der Waals surface area contributed by atoms with E-state index in [4.69, 9.17) is 0 Å². The predicted molar refractivity (Wildman–Crippen MR) is 95.8 cm³/mol. The zero-order chi connectivity index (χ0) is 19.1. The number of carbonyl (C=O) groups is 4. The molecule has 8 heteroatoms. The number of hydrogen-bond acceptors (Lipinski definition) is 6. The highest BCUT2D eigenvalue weighted by molar-refractivity contribution is 6.24. The fourth-order valence-corrected chi connectivity index (χ4v) is 3.83. The van der Waals surface area contributed by atoms with E-state index in [0.29, 0.717) is 29.6 Å².